The van der Waals surface area contributed by atoms with Crippen molar-refractivity contribution < 1.29 is 4.79 Å². The van der Waals surface area contributed by atoms with Crippen molar-refractivity contribution in [1.29, 1.82) is 0 Å². The molecule has 1 aliphatic carbocycles. The molecule has 0 aliphatic heterocycles. The van der Waals surface area contributed by atoms with Gasteiger partial charge in [-0.05, 0) is 24.8 Å². The molecule has 1 radical (unpaired) electrons. The molecule has 7 heavy (non-hydrogen) atoms. The quantitative estimate of drug-likeness (QED) is 0.428. The molecule has 1 saturated carbocycles. The van der Waals surface area contributed by atoms with Gasteiger partial charge in [0.05, 0.1) is 0 Å². The van der Waals surface area contributed by atoms with Crippen molar-refractivity contribution in [3.8, 4) is 0 Å². The summed E-state index contributed by atoms with van der Waals surface area (Å²) in [7, 11) is 0. The Hall–Kier alpha value is -0.180. The molecule has 1 aliphatic rings. The topological polar surface area (TPSA) is 29.1 Å². The van der Waals surface area contributed by atoms with E-state index >= 15 is 0 Å². The van der Waals surface area contributed by atoms with Gasteiger partial charge in [-0.2, -0.15) is 0 Å². The van der Waals surface area contributed by atoms with Crippen LogP contribution in [0, 0.1) is 0 Å². The third-order valence-electron chi connectivity index (χ3n) is 0.792. The Morgan fingerprint density at radius 2 is 2.43 bits per heavy atom. The zero-order chi connectivity index (χ0) is 5.11. The fourth-order valence-electron chi connectivity index (χ4n) is 0.293. The van der Waals surface area contributed by atoms with E-state index < -0.39 is 0 Å². The Morgan fingerprint density at radius 3 is 2.86 bits per heavy atom. The Labute approximate surface area is 46.8 Å². The van der Waals surface area contributed by atoms with Crippen LogP contribution < -0.4 is 4.72 Å². The Kier molecular flexibility index (Phi) is 1.57. The Balaban J connectivity index is 1.88. The molecule has 0 saturated heterocycles. The molecule has 39 valence electrons. The lowest BCUT2D eigenvalue weighted by Crippen LogP contribution is -1.98. The minimum absolute atomic E-state index is 0.696. The van der Waals surface area contributed by atoms with Gasteiger partial charge in [-0.1, -0.05) is 0 Å². The third kappa shape index (κ3) is 1.83. The predicted molar refractivity (Wildman–Crippen MR) is 29.4 cm³/mol. The summed E-state index contributed by atoms with van der Waals surface area (Å²) in [6, 6.07) is 0. The van der Waals surface area contributed by atoms with Crippen LogP contribution in [0.15, 0.2) is 0 Å². The van der Waals surface area contributed by atoms with Crippen molar-refractivity contribution in [2.45, 2.75) is 18.1 Å². The van der Waals surface area contributed by atoms with E-state index in [2.05, 4.69) is 4.72 Å². The van der Waals surface area contributed by atoms with E-state index in [4.69, 9.17) is 0 Å². The normalized spacial score (nSPS) is 18.9. The van der Waals surface area contributed by atoms with E-state index in [1.165, 1.54) is 24.8 Å². The predicted octanol–water partition coefficient (Wildman–Crippen LogP) is 0.454. The van der Waals surface area contributed by atoms with Crippen LogP contribution in [0.5, 0.6) is 0 Å². The van der Waals surface area contributed by atoms with Gasteiger partial charge in [0.2, 0.25) is 0 Å². The maximum Gasteiger partial charge on any atom is 0.320 e. The van der Waals surface area contributed by atoms with Crippen LogP contribution >= 0.6 is 11.9 Å². The first-order valence-corrected chi connectivity index (χ1v) is 3.09. The molecule has 1 N–H and O–H groups in total. The van der Waals surface area contributed by atoms with Crippen LogP contribution in [0.2, 0.25) is 0 Å². The minimum atomic E-state index is 0.696. The average molecular weight is 116 g/mol. The van der Waals surface area contributed by atoms with E-state index in [-0.39, 0.29) is 0 Å². The fourth-order valence-corrected chi connectivity index (χ4v) is 0.880. The van der Waals surface area contributed by atoms with Gasteiger partial charge >= 0.3 is 6.41 Å². The molecule has 1 fully saturated rings. The largest absolute Gasteiger partial charge is 0.320 e. The SMILES string of the molecule is O=[C]NSC1CC1. The third-order valence-corrected chi connectivity index (χ3v) is 1.80. The number of carbonyl (C=O) groups excluding carboxylic acids is 1. The fraction of sp³-hybridized carbons (Fsp3) is 0.750. The standard InChI is InChI=1S/C4H6NOS/c6-3-5-7-4-1-2-4/h4H,1-2H2,(H,5,6). The molecule has 0 atom stereocenters. The van der Waals surface area contributed by atoms with Crippen LogP contribution in [-0.2, 0) is 4.79 Å². The minimum Gasteiger partial charge on any atom is -0.292 e. The first kappa shape index (κ1) is 4.97. The number of amides is 1. The van der Waals surface area contributed by atoms with Gasteiger partial charge in [0.15, 0.2) is 0 Å². The second kappa shape index (κ2) is 2.21. The van der Waals surface area contributed by atoms with Crippen molar-refractivity contribution in [3.05, 3.63) is 0 Å². The van der Waals surface area contributed by atoms with Crippen molar-refractivity contribution in [2.75, 3.05) is 0 Å². The molecule has 0 spiro atoms. The van der Waals surface area contributed by atoms with Crippen molar-refractivity contribution in [3.63, 3.8) is 0 Å². The maximum atomic E-state index is 9.48. The summed E-state index contributed by atoms with van der Waals surface area (Å²) in [6.45, 7) is 0. The first-order chi connectivity index (χ1) is 3.43. The molecule has 0 aromatic rings. The van der Waals surface area contributed by atoms with Gasteiger partial charge < -0.3 is 0 Å². The average Bonchev–Trinajstić information content (AvgIpc) is 2.42. The van der Waals surface area contributed by atoms with Gasteiger partial charge in [0, 0.05) is 5.25 Å². The summed E-state index contributed by atoms with van der Waals surface area (Å²) < 4.78 is 2.42. The lowest BCUT2D eigenvalue weighted by Gasteiger charge is -1.86. The lowest BCUT2D eigenvalue weighted by atomic mass is 11.0. The van der Waals surface area contributed by atoms with E-state index in [1.54, 1.807) is 6.41 Å². The maximum absolute atomic E-state index is 9.48. The van der Waals surface area contributed by atoms with E-state index in [0.29, 0.717) is 5.25 Å². The molecule has 3 heteroatoms. The number of rotatable bonds is 3. The van der Waals surface area contributed by atoms with Crippen molar-refractivity contribution >= 4 is 18.4 Å². The molecule has 1 rings (SSSR count). The highest BCUT2D eigenvalue weighted by Gasteiger charge is 2.21. The summed E-state index contributed by atoms with van der Waals surface area (Å²) in [4.78, 5) is 9.48. The first-order valence-electron chi connectivity index (χ1n) is 2.21. The van der Waals surface area contributed by atoms with Crippen molar-refractivity contribution in [1.82, 2.24) is 4.72 Å². The van der Waals surface area contributed by atoms with Gasteiger partial charge in [-0.25, -0.2) is 0 Å². The van der Waals surface area contributed by atoms with Crippen LogP contribution in [-0.4, -0.2) is 11.7 Å². The molecule has 2 nitrogen and oxygen atoms in total. The molecular weight excluding hydrogens is 110 g/mol. The smallest absolute Gasteiger partial charge is 0.292 e. The highest BCUT2D eigenvalue weighted by Crippen LogP contribution is 2.31. The molecule has 0 aromatic carbocycles. The summed E-state index contributed by atoms with van der Waals surface area (Å²) >= 11 is 1.47. The lowest BCUT2D eigenvalue weighted by molar-refractivity contribution is 0.554. The van der Waals surface area contributed by atoms with Gasteiger partial charge in [0.25, 0.3) is 0 Å². The summed E-state index contributed by atoms with van der Waals surface area (Å²) in [5.74, 6) is 0. The second-order valence-electron chi connectivity index (χ2n) is 1.52. The molecule has 1 amide bonds. The van der Waals surface area contributed by atoms with E-state index in [9.17, 15) is 4.79 Å². The van der Waals surface area contributed by atoms with Crippen LogP contribution in [0.1, 0.15) is 12.8 Å². The van der Waals surface area contributed by atoms with Gasteiger partial charge in [0.1, 0.15) is 0 Å². The zero-order valence-electron chi connectivity index (χ0n) is 3.81. The monoisotopic (exact) mass is 116 g/mol. The molecular formula is C4H6NOS. The number of hydrogen-bond acceptors (Lipinski definition) is 2. The number of nitrogens with one attached hydrogen (secondary N) is 1. The van der Waals surface area contributed by atoms with Crippen LogP contribution in [0.4, 0.5) is 0 Å². The highest BCUT2D eigenvalue weighted by molar-refractivity contribution is 7.98. The van der Waals surface area contributed by atoms with Gasteiger partial charge in [-0.3, -0.25) is 9.52 Å². The Morgan fingerprint density at radius 1 is 1.71 bits per heavy atom. The van der Waals surface area contributed by atoms with Gasteiger partial charge in [-0.15, -0.1) is 0 Å². The summed E-state index contributed by atoms with van der Waals surface area (Å²) in [6.07, 6.45) is 4.10. The second-order valence-corrected chi connectivity index (χ2v) is 2.63. The van der Waals surface area contributed by atoms with Crippen molar-refractivity contribution in [2.24, 2.45) is 0 Å². The van der Waals surface area contributed by atoms with Crippen LogP contribution in [0.25, 0.3) is 0 Å². The highest BCUT2D eigenvalue weighted by atomic mass is 32.2. The van der Waals surface area contributed by atoms with E-state index in [1.807, 2.05) is 0 Å². The molecule has 0 unspecified atom stereocenters. The zero-order valence-corrected chi connectivity index (χ0v) is 4.62. The summed E-state index contributed by atoms with van der Waals surface area (Å²) in [5, 5.41) is 0.696. The Bertz CT molecular complexity index is 72.1. The molecule has 0 bridgehead atoms. The van der Waals surface area contributed by atoms with E-state index in [0.717, 1.165) is 0 Å². The molecule has 0 aromatic heterocycles. The summed E-state index contributed by atoms with van der Waals surface area (Å²) in [5.41, 5.74) is 0. The number of hydrogen-bond donors (Lipinski definition) is 1. The molecule has 0 heterocycles. The van der Waals surface area contributed by atoms with Crippen LogP contribution in [0.3, 0.4) is 0 Å².